The van der Waals surface area contributed by atoms with Crippen molar-refractivity contribution in [2.45, 2.75) is 46.0 Å². The van der Waals surface area contributed by atoms with E-state index >= 15 is 0 Å². The summed E-state index contributed by atoms with van der Waals surface area (Å²) in [4.78, 5) is 0. The molecule has 1 atom stereocenters. The third-order valence-electron chi connectivity index (χ3n) is 4.72. The van der Waals surface area contributed by atoms with E-state index in [1.54, 1.807) is 0 Å². The van der Waals surface area contributed by atoms with Gasteiger partial charge >= 0.3 is 0 Å². The standard InChI is InChI=1S/C17H27N/c1-14(2)17(10-11-17)13-18-12-9-15(3)16-7-5-4-6-8-16/h4-8,14-15,18H,9-13H2,1-3H3. The monoisotopic (exact) mass is 245 g/mol. The summed E-state index contributed by atoms with van der Waals surface area (Å²) < 4.78 is 0. The van der Waals surface area contributed by atoms with Crippen molar-refractivity contribution >= 4 is 0 Å². The van der Waals surface area contributed by atoms with Gasteiger partial charge in [-0.25, -0.2) is 0 Å². The predicted molar refractivity (Wildman–Crippen MR) is 78.8 cm³/mol. The molecular weight excluding hydrogens is 218 g/mol. The average Bonchev–Trinajstić information content (AvgIpc) is 3.17. The first-order chi connectivity index (χ1) is 8.64. The van der Waals surface area contributed by atoms with Gasteiger partial charge in [0.05, 0.1) is 0 Å². The quantitative estimate of drug-likeness (QED) is 0.710. The number of hydrogen-bond acceptors (Lipinski definition) is 1. The predicted octanol–water partition coefficient (Wildman–Crippen LogP) is 4.21. The Labute approximate surface area is 112 Å². The van der Waals surface area contributed by atoms with Crippen molar-refractivity contribution in [3.05, 3.63) is 35.9 Å². The van der Waals surface area contributed by atoms with E-state index in [0.717, 1.165) is 12.5 Å². The highest BCUT2D eigenvalue weighted by Gasteiger charge is 2.44. The molecule has 1 N–H and O–H groups in total. The number of hydrogen-bond donors (Lipinski definition) is 1. The Balaban J connectivity index is 1.67. The first-order valence-electron chi connectivity index (χ1n) is 7.40. The first-order valence-corrected chi connectivity index (χ1v) is 7.40. The average molecular weight is 245 g/mol. The second-order valence-corrected chi connectivity index (χ2v) is 6.29. The molecule has 100 valence electrons. The van der Waals surface area contributed by atoms with Crippen LogP contribution >= 0.6 is 0 Å². The molecule has 1 heteroatoms. The molecule has 18 heavy (non-hydrogen) atoms. The summed E-state index contributed by atoms with van der Waals surface area (Å²) in [6, 6.07) is 10.8. The van der Waals surface area contributed by atoms with Crippen molar-refractivity contribution in [2.75, 3.05) is 13.1 Å². The zero-order valence-corrected chi connectivity index (χ0v) is 12.1. The molecule has 1 nitrogen and oxygen atoms in total. The minimum absolute atomic E-state index is 0.635. The van der Waals surface area contributed by atoms with Gasteiger partial charge in [-0.3, -0.25) is 0 Å². The number of rotatable bonds is 7. The SMILES string of the molecule is CC(CCNCC1(C(C)C)CC1)c1ccccc1. The van der Waals surface area contributed by atoms with Gasteiger partial charge in [0.2, 0.25) is 0 Å². The van der Waals surface area contributed by atoms with Crippen LogP contribution in [0.2, 0.25) is 0 Å². The fraction of sp³-hybridized carbons (Fsp3) is 0.647. The van der Waals surface area contributed by atoms with Gasteiger partial charge in [-0.15, -0.1) is 0 Å². The molecule has 1 aliphatic carbocycles. The van der Waals surface area contributed by atoms with Gasteiger partial charge in [0, 0.05) is 6.54 Å². The molecule has 1 fully saturated rings. The van der Waals surface area contributed by atoms with Gasteiger partial charge < -0.3 is 5.32 Å². The Kier molecular flexibility index (Phi) is 4.45. The first kappa shape index (κ1) is 13.6. The summed E-state index contributed by atoms with van der Waals surface area (Å²) >= 11 is 0. The smallest absolute Gasteiger partial charge is 0.00103 e. The van der Waals surface area contributed by atoms with E-state index in [1.807, 2.05) is 0 Å². The van der Waals surface area contributed by atoms with Crippen LogP contribution in [0.1, 0.15) is 51.5 Å². The Hall–Kier alpha value is -0.820. The van der Waals surface area contributed by atoms with Crippen molar-refractivity contribution in [1.82, 2.24) is 5.32 Å². The fourth-order valence-electron chi connectivity index (χ4n) is 2.72. The van der Waals surface area contributed by atoms with Crippen molar-refractivity contribution in [1.29, 1.82) is 0 Å². The van der Waals surface area contributed by atoms with E-state index in [-0.39, 0.29) is 0 Å². The normalized spacial score (nSPS) is 18.9. The van der Waals surface area contributed by atoms with Crippen LogP contribution < -0.4 is 5.32 Å². The summed E-state index contributed by atoms with van der Waals surface area (Å²) in [6.45, 7) is 9.41. The largest absolute Gasteiger partial charge is 0.316 e. The molecule has 1 saturated carbocycles. The van der Waals surface area contributed by atoms with E-state index in [4.69, 9.17) is 0 Å². The van der Waals surface area contributed by atoms with Crippen LogP contribution in [-0.4, -0.2) is 13.1 Å². The summed E-state index contributed by atoms with van der Waals surface area (Å²) in [5.74, 6) is 1.49. The van der Waals surface area contributed by atoms with Crippen LogP contribution in [0.25, 0.3) is 0 Å². The lowest BCUT2D eigenvalue weighted by Gasteiger charge is -2.21. The highest BCUT2D eigenvalue weighted by atomic mass is 14.9. The zero-order chi connectivity index (χ0) is 13.0. The third-order valence-corrected chi connectivity index (χ3v) is 4.72. The molecule has 0 aromatic heterocycles. The maximum absolute atomic E-state index is 3.67. The molecule has 1 unspecified atom stereocenters. The Morgan fingerprint density at radius 1 is 1.11 bits per heavy atom. The Bertz CT molecular complexity index is 351. The zero-order valence-electron chi connectivity index (χ0n) is 12.1. The van der Waals surface area contributed by atoms with Crippen LogP contribution in [0, 0.1) is 11.3 Å². The van der Waals surface area contributed by atoms with E-state index in [9.17, 15) is 0 Å². The van der Waals surface area contributed by atoms with Crippen LogP contribution in [0.4, 0.5) is 0 Å². The maximum atomic E-state index is 3.67. The van der Waals surface area contributed by atoms with E-state index in [2.05, 4.69) is 56.4 Å². The van der Waals surface area contributed by atoms with Crippen molar-refractivity contribution in [3.8, 4) is 0 Å². The molecule has 1 aromatic carbocycles. The molecule has 1 aliphatic rings. The molecule has 2 rings (SSSR count). The Morgan fingerprint density at radius 2 is 1.78 bits per heavy atom. The summed E-state index contributed by atoms with van der Waals surface area (Å²) in [7, 11) is 0. The minimum atomic E-state index is 0.635. The summed E-state index contributed by atoms with van der Waals surface area (Å²) in [5, 5.41) is 3.67. The van der Waals surface area contributed by atoms with Gasteiger partial charge in [-0.05, 0) is 48.6 Å². The van der Waals surface area contributed by atoms with Crippen LogP contribution in [0.3, 0.4) is 0 Å². The fourth-order valence-corrected chi connectivity index (χ4v) is 2.72. The minimum Gasteiger partial charge on any atom is -0.316 e. The highest BCUT2D eigenvalue weighted by molar-refractivity contribution is 5.18. The lowest BCUT2D eigenvalue weighted by molar-refractivity contribution is 0.336. The van der Waals surface area contributed by atoms with Crippen LogP contribution in [-0.2, 0) is 0 Å². The lowest BCUT2D eigenvalue weighted by atomic mass is 9.92. The van der Waals surface area contributed by atoms with Gasteiger partial charge in [0.15, 0.2) is 0 Å². The van der Waals surface area contributed by atoms with Crippen LogP contribution in [0.5, 0.6) is 0 Å². The lowest BCUT2D eigenvalue weighted by Crippen LogP contribution is -2.28. The van der Waals surface area contributed by atoms with E-state index in [1.165, 1.54) is 31.4 Å². The number of benzene rings is 1. The molecule has 0 saturated heterocycles. The highest BCUT2D eigenvalue weighted by Crippen LogP contribution is 2.51. The summed E-state index contributed by atoms with van der Waals surface area (Å²) in [6.07, 6.45) is 4.08. The molecule has 0 bridgehead atoms. The molecule has 0 radical (unpaired) electrons. The second kappa shape index (κ2) is 5.88. The van der Waals surface area contributed by atoms with Gasteiger partial charge in [-0.1, -0.05) is 51.1 Å². The molecule has 0 amide bonds. The van der Waals surface area contributed by atoms with Crippen molar-refractivity contribution in [2.24, 2.45) is 11.3 Å². The molecule has 1 aromatic rings. The molecule has 0 spiro atoms. The van der Waals surface area contributed by atoms with Crippen molar-refractivity contribution < 1.29 is 0 Å². The van der Waals surface area contributed by atoms with Gasteiger partial charge in [0.25, 0.3) is 0 Å². The van der Waals surface area contributed by atoms with E-state index < -0.39 is 0 Å². The third kappa shape index (κ3) is 3.35. The number of nitrogens with one attached hydrogen (secondary N) is 1. The molecule has 0 aliphatic heterocycles. The second-order valence-electron chi connectivity index (χ2n) is 6.29. The van der Waals surface area contributed by atoms with Gasteiger partial charge in [0.1, 0.15) is 0 Å². The van der Waals surface area contributed by atoms with Crippen LogP contribution in [0.15, 0.2) is 30.3 Å². The maximum Gasteiger partial charge on any atom is 0.00103 e. The summed E-state index contributed by atoms with van der Waals surface area (Å²) in [5.41, 5.74) is 2.10. The molecule has 0 heterocycles. The Morgan fingerprint density at radius 3 is 2.33 bits per heavy atom. The van der Waals surface area contributed by atoms with Gasteiger partial charge in [-0.2, -0.15) is 0 Å². The topological polar surface area (TPSA) is 12.0 Å². The van der Waals surface area contributed by atoms with Crippen molar-refractivity contribution in [3.63, 3.8) is 0 Å². The van der Waals surface area contributed by atoms with E-state index in [0.29, 0.717) is 11.3 Å². The molecular formula is C17H27N.